The van der Waals surface area contributed by atoms with Crippen LogP contribution in [0.2, 0.25) is 0 Å². The third-order valence-corrected chi connectivity index (χ3v) is 4.25. The van der Waals surface area contributed by atoms with Gasteiger partial charge in [0, 0.05) is 37.3 Å². The number of carbonyl (C=O) groups is 1. The van der Waals surface area contributed by atoms with E-state index in [1.165, 1.54) is 0 Å². The first-order valence-corrected chi connectivity index (χ1v) is 8.47. The van der Waals surface area contributed by atoms with Crippen LogP contribution in [0.5, 0.6) is 0 Å². The van der Waals surface area contributed by atoms with Crippen molar-refractivity contribution in [3.63, 3.8) is 0 Å². The Labute approximate surface area is 145 Å². The summed E-state index contributed by atoms with van der Waals surface area (Å²) >= 11 is 0. The summed E-state index contributed by atoms with van der Waals surface area (Å²) in [6.07, 6.45) is 4.24. The standard InChI is InChI=1S/C17H22N4O4/c1-2-21(13-10-24-11-14(13)22)16(23)7-3-6-15-19-17(20-25-15)12-5-4-8-18-9-12/h4-5,8-9,13-14,22H,2-3,6-7,10-11H2,1H3/t13-,14-/m0/s1. The van der Waals surface area contributed by atoms with Gasteiger partial charge in [-0.3, -0.25) is 9.78 Å². The molecule has 0 spiro atoms. The largest absolute Gasteiger partial charge is 0.388 e. The van der Waals surface area contributed by atoms with Gasteiger partial charge in [0.1, 0.15) is 0 Å². The zero-order valence-electron chi connectivity index (χ0n) is 14.2. The number of aliphatic hydroxyl groups excluding tert-OH is 1. The number of ether oxygens (including phenoxy) is 1. The van der Waals surface area contributed by atoms with Crippen LogP contribution in [0.25, 0.3) is 11.4 Å². The lowest BCUT2D eigenvalue weighted by Crippen LogP contribution is -2.46. The molecule has 3 rings (SSSR count). The van der Waals surface area contributed by atoms with Crippen LogP contribution in [0.4, 0.5) is 0 Å². The van der Waals surface area contributed by atoms with Crippen LogP contribution in [0.1, 0.15) is 25.7 Å². The molecule has 0 bridgehead atoms. The molecule has 2 aromatic rings. The number of carbonyl (C=O) groups excluding carboxylic acids is 1. The van der Waals surface area contributed by atoms with Crippen molar-refractivity contribution >= 4 is 5.91 Å². The van der Waals surface area contributed by atoms with Gasteiger partial charge in [-0.05, 0) is 25.5 Å². The highest BCUT2D eigenvalue weighted by atomic mass is 16.5. The Bertz CT molecular complexity index is 691. The second kappa shape index (κ2) is 8.17. The predicted octanol–water partition coefficient (Wildman–Crippen LogP) is 1.06. The molecule has 8 heteroatoms. The normalized spacial score (nSPS) is 19.9. The van der Waals surface area contributed by atoms with Gasteiger partial charge in [0.2, 0.25) is 17.6 Å². The van der Waals surface area contributed by atoms with Crippen LogP contribution in [0.3, 0.4) is 0 Å². The minimum Gasteiger partial charge on any atom is -0.388 e. The third-order valence-electron chi connectivity index (χ3n) is 4.25. The monoisotopic (exact) mass is 346 g/mol. The van der Waals surface area contributed by atoms with E-state index in [2.05, 4.69) is 15.1 Å². The third kappa shape index (κ3) is 4.21. The Hall–Kier alpha value is -2.32. The molecule has 25 heavy (non-hydrogen) atoms. The summed E-state index contributed by atoms with van der Waals surface area (Å²) in [7, 11) is 0. The van der Waals surface area contributed by atoms with Crippen LogP contribution in [0, 0.1) is 0 Å². The fraction of sp³-hybridized carbons (Fsp3) is 0.529. The van der Waals surface area contributed by atoms with Crippen molar-refractivity contribution in [2.24, 2.45) is 0 Å². The molecule has 0 aromatic carbocycles. The Morgan fingerprint density at radius 2 is 2.32 bits per heavy atom. The van der Waals surface area contributed by atoms with Gasteiger partial charge in [-0.1, -0.05) is 5.16 Å². The first kappa shape index (κ1) is 17.5. The van der Waals surface area contributed by atoms with Gasteiger partial charge >= 0.3 is 0 Å². The van der Waals surface area contributed by atoms with Crippen molar-refractivity contribution in [1.82, 2.24) is 20.0 Å². The van der Waals surface area contributed by atoms with Crippen LogP contribution in [-0.4, -0.2) is 62.9 Å². The Kier molecular flexibility index (Phi) is 5.72. The average molecular weight is 346 g/mol. The highest BCUT2D eigenvalue weighted by molar-refractivity contribution is 5.76. The van der Waals surface area contributed by atoms with Gasteiger partial charge in [0.25, 0.3) is 0 Å². The molecular formula is C17H22N4O4. The number of hydrogen-bond donors (Lipinski definition) is 1. The number of nitrogens with zero attached hydrogens (tertiary/aromatic N) is 4. The number of aliphatic hydroxyl groups is 1. The number of aryl methyl sites for hydroxylation is 1. The van der Waals surface area contributed by atoms with Crippen LogP contribution >= 0.6 is 0 Å². The molecule has 0 unspecified atom stereocenters. The quantitative estimate of drug-likeness (QED) is 0.800. The van der Waals surface area contributed by atoms with E-state index < -0.39 is 6.10 Å². The zero-order chi connectivity index (χ0) is 17.6. The number of hydrogen-bond acceptors (Lipinski definition) is 7. The Morgan fingerprint density at radius 3 is 3.00 bits per heavy atom. The summed E-state index contributed by atoms with van der Waals surface area (Å²) in [5.74, 6) is 0.999. The van der Waals surface area contributed by atoms with Crippen molar-refractivity contribution in [1.29, 1.82) is 0 Å². The number of rotatable bonds is 7. The van der Waals surface area contributed by atoms with E-state index in [4.69, 9.17) is 9.26 Å². The van der Waals surface area contributed by atoms with Gasteiger partial charge in [-0.25, -0.2) is 0 Å². The number of likely N-dealkylation sites (N-methyl/N-ethyl adjacent to an activating group) is 1. The van der Waals surface area contributed by atoms with E-state index in [-0.39, 0.29) is 18.6 Å². The lowest BCUT2D eigenvalue weighted by molar-refractivity contribution is -0.135. The van der Waals surface area contributed by atoms with E-state index in [0.717, 1.165) is 5.56 Å². The number of aromatic nitrogens is 3. The molecule has 1 aliphatic heterocycles. The predicted molar refractivity (Wildman–Crippen MR) is 88.5 cm³/mol. The summed E-state index contributed by atoms with van der Waals surface area (Å²) < 4.78 is 10.5. The number of pyridine rings is 1. The molecule has 1 saturated heterocycles. The molecule has 1 aliphatic rings. The van der Waals surface area contributed by atoms with E-state index in [1.807, 2.05) is 19.1 Å². The second-order valence-corrected chi connectivity index (χ2v) is 5.96. The molecule has 8 nitrogen and oxygen atoms in total. The van der Waals surface area contributed by atoms with Gasteiger partial charge in [-0.2, -0.15) is 4.98 Å². The molecule has 1 N–H and O–H groups in total. The SMILES string of the molecule is CCN(C(=O)CCCc1nc(-c2cccnc2)no1)[C@H]1COC[C@@H]1O. The summed E-state index contributed by atoms with van der Waals surface area (Å²) in [5.41, 5.74) is 0.793. The fourth-order valence-electron chi connectivity index (χ4n) is 2.93. The van der Waals surface area contributed by atoms with Crippen LogP contribution in [0.15, 0.2) is 29.0 Å². The van der Waals surface area contributed by atoms with E-state index in [9.17, 15) is 9.90 Å². The number of amides is 1. The molecule has 134 valence electrons. The Morgan fingerprint density at radius 1 is 1.44 bits per heavy atom. The Balaban J connectivity index is 1.51. The molecule has 1 fully saturated rings. The highest BCUT2D eigenvalue weighted by Gasteiger charge is 2.33. The topological polar surface area (TPSA) is 102 Å². The first-order valence-electron chi connectivity index (χ1n) is 8.47. The van der Waals surface area contributed by atoms with Gasteiger partial charge in [-0.15, -0.1) is 0 Å². The van der Waals surface area contributed by atoms with Crippen molar-refractivity contribution in [3.05, 3.63) is 30.4 Å². The maximum atomic E-state index is 12.4. The average Bonchev–Trinajstić information content (AvgIpc) is 3.26. The lowest BCUT2D eigenvalue weighted by Gasteiger charge is -2.28. The van der Waals surface area contributed by atoms with E-state index in [1.54, 1.807) is 17.3 Å². The molecular weight excluding hydrogens is 324 g/mol. The highest BCUT2D eigenvalue weighted by Crippen LogP contribution is 2.17. The summed E-state index contributed by atoms with van der Waals surface area (Å²) in [4.78, 5) is 22.5. The second-order valence-electron chi connectivity index (χ2n) is 5.96. The summed E-state index contributed by atoms with van der Waals surface area (Å²) in [5, 5.41) is 13.8. The van der Waals surface area contributed by atoms with E-state index in [0.29, 0.717) is 44.1 Å². The maximum Gasteiger partial charge on any atom is 0.226 e. The van der Waals surface area contributed by atoms with E-state index >= 15 is 0 Å². The first-order chi connectivity index (χ1) is 12.2. The van der Waals surface area contributed by atoms with Crippen LogP contribution < -0.4 is 0 Å². The molecule has 3 heterocycles. The van der Waals surface area contributed by atoms with Gasteiger partial charge in [0.15, 0.2) is 0 Å². The van der Waals surface area contributed by atoms with Crippen molar-refractivity contribution in [2.75, 3.05) is 19.8 Å². The van der Waals surface area contributed by atoms with Crippen molar-refractivity contribution < 1.29 is 19.2 Å². The summed E-state index contributed by atoms with van der Waals surface area (Å²) in [6.45, 7) is 3.13. The fourth-order valence-corrected chi connectivity index (χ4v) is 2.93. The minimum atomic E-state index is -0.609. The zero-order valence-corrected chi connectivity index (χ0v) is 14.2. The molecule has 1 amide bonds. The molecule has 2 atom stereocenters. The molecule has 0 aliphatic carbocycles. The summed E-state index contributed by atoms with van der Waals surface area (Å²) in [6, 6.07) is 3.42. The lowest BCUT2D eigenvalue weighted by atomic mass is 10.1. The smallest absolute Gasteiger partial charge is 0.226 e. The maximum absolute atomic E-state index is 12.4. The van der Waals surface area contributed by atoms with Gasteiger partial charge in [0.05, 0.1) is 25.4 Å². The van der Waals surface area contributed by atoms with Crippen molar-refractivity contribution in [2.45, 2.75) is 38.3 Å². The van der Waals surface area contributed by atoms with Crippen LogP contribution in [-0.2, 0) is 16.0 Å². The van der Waals surface area contributed by atoms with Crippen molar-refractivity contribution in [3.8, 4) is 11.4 Å². The molecule has 2 aromatic heterocycles. The minimum absolute atomic E-state index is 0.00375. The molecule has 0 radical (unpaired) electrons. The van der Waals surface area contributed by atoms with Gasteiger partial charge < -0.3 is 19.3 Å². The molecule has 0 saturated carbocycles.